The van der Waals surface area contributed by atoms with E-state index in [1.807, 2.05) is 17.7 Å². The fourth-order valence-corrected chi connectivity index (χ4v) is 4.73. The number of amides is 2. The Labute approximate surface area is 191 Å². The normalized spacial score (nSPS) is 11.7. The molecule has 1 heterocycles. The molecule has 0 unspecified atom stereocenters. The maximum atomic E-state index is 12.9. The van der Waals surface area contributed by atoms with Crippen LogP contribution in [-0.2, 0) is 4.79 Å². The van der Waals surface area contributed by atoms with E-state index in [9.17, 15) is 9.59 Å². The van der Waals surface area contributed by atoms with Crippen LogP contribution in [0.25, 0.3) is 11.3 Å². The predicted octanol–water partition coefficient (Wildman–Crippen LogP) is 5.23. The Morgan fingerprint density at radius 3 is 2.42 bits per heavy atom. The van der Waals surface area contributed by atoms with Crippen molar-refractivity contribution >= 4 is 40.0 Å². The highest BCUT2D eigenvalue weighted by Crippen LogP contribution is 2.31. The third-order valence-corrected chi connectivity index (χ3v) is 6.34. The highest BCUT2D eigenvalue weighted by atomic mass is 32.2. The first kappa shape index (κ1) is 23.0. The van der Waals surface area contributed by atoms with Gasteiger partial charge in [-0.15, -0.1) is 11.3 Å². The second kappa shape index (κ2) is 10.6. The van der Waals surface area contributed by atoms with E-state index in [0.29, 0.717) is 17.1 Å². The van der Waals surface area contributed by atoms with Gasteiger partial charge in [-0.25, -0.2) is 4.98 Å². The van der Waals surface area contributed by atoms with Gasteiger partial charge in [0.2, 0.25) is 5.91 Å². The molecule has 0 saturated heterocycles. The molecule has 2 aromatic carbocycles. The molecule has 31 heavy (non-hydrogen) atoms. The van der Waals surface area contributed by atoms with Gasteiger partial charge in [0.15, 0.2) is 5.13 Å². The summed E-state index contributed by atoms with van der Waals surface area (Å²) in [4.78, 5) is 30.1. The number of aryl methyl sites for hydroxylation is 3. The number of nitrogens with one attached hydrogen (secondary N) is 2. The van der Waals surface area contributed by atoms with E-state index >= 15 is 0 Å². The summed E-state index contributed by atoms with van der Waals surface area (Å²) in [5, 5.41) is 8.24. The van der Waals surface area contributed by atoms with Crippen LogP contribution in [0.1, 0.15) is 33.5 Å². The molecule has 0 bridgehead atoms. The minimum Gasteiger partial charge on any atom is -0.340 e. The van der Waals surface area contributed by atoms with Gasteiger partial charge in [0.05, 0.1) is 5.69 Å². The quantitative estimate of drug-likeness (QED) is 0.490. The zero-order valence-corrected chi connectivity index (χ0v) is 19.8. The number of carbonyl (C=O) groups is 2. The molecule has 3 aromatic rings. The zero-order chi connectivity index (χ0) is 22.4. The average Bonchev–Trinajstić information content (AvgIpc) is 3.18. The van der Waals surface area contributed by atoms with Gasteiger partial charge < -0.3 is 10.6 Å². The minimum absolute atomic E-state index is 0.253. The zero-order valence-electron chi connectivity index (χ0n) is 18.2. The van der Waals surface area contributed by atoms with Crippen molar-refractivity contribution < 1.29 is 9.59 Å². The SMILES string of the molecule is CSCC[C@@H](NC(=O)c1ccccc1)C(=O)Nc1nc(-c2c(C)cc(C)cc2C)cs1. The lowest BCUT2D eigenvalue weighted by Gasteiger charge is -2.17. The number of thiazole rings is 1. The molecule has 1 aromatic heterocycles. The second-order valence-electron chi connectivity index (χ2n) is 7.47. The third kappa shape index (κ3) is 5.95. The van der Waals surface area contributed by atoms with Crippen LogP contribution in [0.15, 0.2) is 47.8 Å². The van der Waals surface area contributed by atoms with Crippen molar-refractivity contribution in [3.05, 3.63) is 70.1 Å². The first-order valence-electron chi connectivity index (χ1n) is 10.1. The first-order chi connectivity index (χ1) is 14.9. The first-order valence-corrected chi connectivity index (χ1v) is 12.4. The fourth-order valence-electron chi connectivity index (χ4n) is 3.56. The molecule has 2 amide bonds. The Morgan fingerprint density at radius 1 is 1.10 bits per heavy atom. The van der Waals surface area contributed by atoms with Gasteiger partial charge >= 0.3 is 0 Å². The summed E-state index contributed by atoms with van der Waals surface area (Å²) >= 11 is 3.03. The van der Waals surface area contributed by atoms with Crippen LogP contribution in [0.2, 0.25) is 0 Å². The van der Waals surface area contributed by atoms with Crippen LogP contribution in [0.3, 0.4) is 0 Å². The van der Waals surface area contributed by atoms with Crippen molar-refractivity contribution in [2.45, 2.75) is 33.2 Å². The van der Waals surface area contributed by atoms with E-state index in [2.05, 4.69) is 48.5 Å². The van der Waals surface area contributed by atoms with E-state index in [1.165, 1.54) is 16.9 Å². The Morgan fingerprint density at radius 2 is 1.77 bits per heavy atom. The van der Waals surface area contributed by atoms with Crippen LogP contribution in [0, 0.1) is 20.8 Å². The van der Waals surface area contributed by atoms with E-state index in [1.54, 1.807) is 36.0 Å². The largest absolute Gasteiger partial charge is 0.340 e. The number of carbonyl (C=O) groups excluding carboxylic acids is 2. The number of anilines is 1. The van der Waals surface area contributed by atoms with Gasteiger partial charge in [0, 0.05) is 16.5 Å². The topological polar surface area (TPSA) is 71.1 Å². The molecule has 162 valence electrons. The molecule has 2 N–H and O–H groups in total. The Kier molecular flexibility index (Phi) is 7.87. The molecule has 0 aliphatic carbocycles. The summed E-state index contributed by atoms with van der Waals surface area (Å²) in [6.07, 6.45) is 2.52. The maximum absolute atomic E-state index is 12.9. The van der Waals surface area contributed by atoms with Crippen LogP contribution < -0.4 is 10.6 Å². The summed E-state index contributed by atoms with van der Waals surface area (Å²) in [6, 6.07) is 12.6. The predicted molar refractivity (Wildman–Crippen MR) is 131 cm³/mol. The second-order valence-corrected chi connectivity index (χ2v) is 9.32. The number of nitrogens with zero attached hydrogens (tertiary/aromatic N) is 1. The Bertz CT molecular complexity index is 1040. The van der Waals surface area contributed by atoms with E-state index < -0.39 is 6.04 Å². The number of aromatic nitrogens is 1. The molecule has 0 spiro atoms. The van der Waals surface area contributed by atoms with Gasteiger partial charge in [-0.1, -0.05) is 35.9 Å². The number of hydrogen-bond donors (Lipinski definition) is 2. The molecular weight excluding hydrogens is 426 g/mol. The molecule has 0 radical (unpaired) electrons. The summed E-state index contributed by atoms with van der Waals surface area (Å²) < 4.78 is 0. The summed E-state index contributed by atoms with van der Waals surface area (Å²) in [5.74, 6) is 0.252. The molecule has 1 atom stereocenters. The number of rotatable bonds is 8. The van der Waals surface area contributed by atoms with Crippen LogP contribution in [-0.4, -0.2) is 34.8 Å². The monoisotopic (exact) mass is 453 g/mol. The molecular formula is C24H27N3O2S2. The lowest BCUT2D eigenvalue weighted by atomic mass is 9.98. The molecule has 0 aliphatic rings. The van der Waals surface area contributed by atoms with E-state index in [4.69, 9.17) is 0 Å². The van der Waals surface area contributed by atoms with Crippen LogP contribution >= 0.6 is 23.1 Å². The summed E-state index contributed by atoms with van der Waals surface area (Å²) in [7, 11) is 0. The van der Waals surface area contributed by atoms with Gasteiger partial charge in [-0.3, -0.25) is 9.59 Å². The van der Waals surface area contributed by atoms with Gasteiger partial charge in [0.1, 0.15) is 6.04 Å². The summed E-state index contributed by atoms with van der Waals surface area (Å²) in [5.41, 5.74) is 6.02. The number of thioether (sulfide) groups is 1. The lowest BCUT2D eigenvalue weighted by molar-refractivity contribution is -0.118. The Hall–Kier alpha value is -2.64. The van der Waals surface area contributed by atoms with Crippen LogP contribution in [0.5, 0.6) is 0 Å². The fraction of sp³-hybridized carbons (Fsp3) is 0.292. The van der Waals surface area contributed by atoms with Crippen molar-refractivity contribution in [2.75, 3.05) is 17.3 Å². The Balaban J connectivity index is 1.74. The molecule has 5 nitrogen and oxygen atoms in total. The molecule has 0 aliphatic heterocycles. The summed E-state index contributed by atoms with van der Waals surface area (Å²) in [6.45, 7) is 6.23. The van der Waals surface area contributed by atoms with Gasteiger partial charge in [0.25, 0.3) is 5.91 Å². The highest BCUT2D eigenvalue weighted by molar-refractivity contribution is 7.98. The third-order valence-electron chi connectivity index (χ3n) is 4.94. The maximum Gasteiger partial charge on any atom is 0.251 e. The highest BCUT2D eigenvalue weighted by Gasteiger charge is 2.22. The molecule has 0 saturated carbocycles. The van der Waals surface area contributed by atoms with Crippen molar-refractivity contribution in [1.82, 2.24) is 10.3 Å². The smallest absolute Gasteiger partial charge is 0.251 e. The number of hydrogen-bond acceptors (Lipinski definition) is 5. The average molecular weight is 454 g/mol. The van der Waals surface area contributed by atoms with Crippen molar-refractivity contribution in [1.29, 1.82) is 0 Å². The van der Waals surface area contributed by atoms with Gasteiger partial charge in [-0.2, -0.15) is 11.8 Å². The van der Waals surface area contributed by atoms with Crippen molar-refractivity contribution in [2.24, 2.45) is 0 Å². The molecule has 3 rings (SSSR count). The number of benzene rings is 2. The lowest BCUT2D eigenvalue weighted by Crippen LogP contribution is -2.44. The van der Waals surface area contributed by atoms with Crippen LogP contribution in [0.4, 0.5) is 5.13 Å². The minimum atomic E-state index is -0.629. The van der Waals surface area contributed by atoms with E-state index in [-0.39, 0.29) is 11.8 Å². The van der Waals surface area contributed by atoms with E-state index in [0.717, 1.165) is 28.1 Å². The van der Waals surface area contributed by atoms with Gasteiger partial charge in [-0.05, 0) is 62.5 Å². The molecule has 7 heteroatoms. The van der Waals surface area contributed by atoms with Crippen molar-refractivity contribution in [3.8, 4) is 11.3 Å². The molecule has 0 fully saturated rings. The standard InChI is InChI=1S/C24H27N3O2S2/c1-15-12-16(2)21(17(3)13-15)20-14-31-24(26-20)27-23(29)19(10-11-30-4)25-22(28)18-8-6-5-7-9-18/h5-9,12-14,19H,10-11H2,1-4H3,(H,25,28)(H,26,27,29)/t19-/m1/s1. The van der Waals surface area contributed by atoms with Crippen molar-refractivity contribution in [3.63, 3.8) is 0 Å².